The Labute approximate surface area is 208 Å². The fourth-order valence-corrected chi connectivity index (χ4v) is 6.99. The van der Waals surface area contributed by atoms with E-state index in [-0.39, 0.29) is 0 Å². The van der Waals surface area contributed by atoms with Crippen LogP contribution in [0, 0.1) is 29.1 Å². The molecule has 0 aromatic heterocycles. The second kappa shape index (κ2) is 12.2. The molecule has 5 atom stereocenters. The summed E-state index contributed by atoms with van der Waals surface area (Å²) >= 11 is 0. The zero-order chi connectivity index (χ0) is 24.0. The summed E-state index contributed by atoms with van der Waals surface area (Å²) in [5, 5.41) is 0. The fraction of sp³-hybridized carbons (Fsp3) is 0.800. The Kier molecular flexibility index (Phi) is 9.35. The molecule has 2 fully saturated rings. The van der Waals surface area contributed by atoms with Crippen molar-refractivity contribution >= 4 is 0 Å². The van der Waals surface area contributed by atoms with Crippen molar-refractivity contribution in [2.45, 2.75) is 78.6 Å². The molecule has 1 aromatic rings. The van der Waals surface area contributed by atoms with E-state index in [1.807, 2.05) is 0 Å². The molecule has 4 heteroatoms. The maximum atomic E-state index is 6.01. The number of rotatable bonds is 13. The predicted octanol–water partition coefficient (Wildman–Crippen LogP) is 6.65. The summed E-state index contributed by atoms with van der Waals surface area (Å²) in [5.74, 6) is 5.18. The largest absolute Gasteiger partial charge is 0.491 e. The van der Waals surface area contributed by atoms with Gasteiger partial charge >= 0.3 is 0 Å². The number of hydrogen-bond donors (Lipinski definition) is 0. The summed E-state index contributed by atoms with van der Waals surface area (Å²) in [4.78, 5) is 0. The highest BCUT2D eigenvalue weighted by atomic mass is 16.6. The molecule has 2 saturated carbocycles. The highest BCUT2D eigenvalue weighted by Crippen LogP contribution is 2.62. The molecule has 34 heavy (non-hydrogen) atoms. The molecular weight excluding hydrogens is 424 g/mol. The van der Waals surface area contributed by atoms with Crippen molar-refractivity contribution in [3.63, 3.8) is 0 Å². The molecule has 3 aliphatic rings. The first-order valence-corrected chi connectivity index (χ1v) is 14.0. The van der Waals surface area contributed by atoms with Crippen molar-refractivity contribution in [1.29, 1.82) is 0 Å². The molecule has 1 aromatic carbocycles. The van der Waals surface area contributed by atoms with Gasteiger partial charge in [0.05, 0.1) is 33.0 Å². The summed E-state index contributed by atoms with van der Waals surface area (Å²) in [6.45, 7) is 14.0. The van der Waals surface area contributed by atoms with Crippen LogP contribution in [-0.4, -0.2) is 46.2 Å². The van der Waals surface area contributed by atoms with E-state index >= 15 is 0 Å². The van der Waals surface area contributed by atoms with Gasteiger partial charge in [-0.3, -0.25) is 0 Å². The molecule has 0 N–H and O–H groups in total. The zero-order valence-electron chi connectivity index (χ0n) is 22.2. The smallest absolute Gasteiger partial charge is 0.119 e. The summed E-state index contributed by atoms with van der Waals surface area (Å²) < 4.78 is 22.8. The molecule has 0 aliphatic heterocycles. The first-order chi connectivity index (χ1) is 16.5. The van der Waals surface area contributed by atoms with Crippen LogP contribution in [0.3, 0.4) is 0 Å². The van der Waals surface area contributed by atoms with Gasteiger partial charge in [-0.25, -0.2) is 0 Å². The Bertz CT molecular complexity index is 762. The fourth-order valence-electron chi connectivity index (χ4n) is 6.99. The molecule has 4 rings (SSSR count). The third kappa shape index (κ3) is 6.17. The van der Waals surface area contributed by atoms with Crippen LogP contribution in [-0.2, 0) is 20.6 Å². The molecule has 3 aliphatic carbocycles. The van der Waals surface area contributed by atoms with Crippen LogP contribution >= 0.6 is 0 Å². The molecular formula is C30H48O4. The predicted molar refractivity (Wildman–Crippen MR) is 138 cm³/mol. The Hall–Kier alpha value is -1.10. The van der Waals surface area contributed by atoms with Crippen LogP contribution in [0.5, 0.6) is 5.75 Å². The molecule has 0 bridgehead atoms. The van der Waals surface area contributed by atoms with E-state index in [1.165, 1.54) is 44.1 Å². The van der Waals surface area contributed by atoms with E-state index in [4.69, 9.17) is 18.9 Å². The van der Waals surface area contributed by atoms with Crippen LogP contribution in [0.4, 0.5) is 0 Å². The Morgan fingerprint density at radius 2 is 1.59 bits per heavy atom. The number of ether oxygens (including phenoxy) is 4. The minimum absolute atomic E-state index is 0.585. The van der Waals surface area contributed by atoms with Gasteiger partial charge in [0, 0.05) is 6.61 Å². The third-order valence-electron chi connectivity index (χ3n) is 9.25. The van der Waals surface area contributed by atoms with Crippen molar-refractivity contribution in [2.24, 2.45) is 29.1 Å². The highest BCUT2D eigenvalue weighted by molar-refractivity contribution is 5.40. The van der Waals surface area contributed by atoms with Gasteiger partial charge in [0.25, 0.3) is 0 Å². The van der Waals surface area contributed by atoms with E-state index in [1.54, 1.807) is 5.56 Å². The van der Waals surface area contributed by atoms with Crippen LogP contribution in [0.2, 0.25) is 0 Å². The van der Waals surface area contributed by atoms with E-state index in [2.05, 4.69) is 45.9 Å². The van der Waals surface area contributed by atoms with Crippen LogP contribution in [0.25, 0.3) is 0 Å². The van der Waals surface area contributed by atoms with E-state index in [9.17, 15) is 0 Å². The van der Waals surface area contributed by atoms with Crippen molar-refractivity contribution in [3.05, 3.63) is 29.3 Å². The van der Waals surface area contributed by atoms with Gasteiger partial charge in [-0.2, -0.15) is 0 Å². The maximum Gasteiger partial charge on any atom is 0.119 e. The molecule has 0 radical (unpaired) electrons. The van der Waals surface area contributed by atoms with Gasteiger partial charge in [0.1, 0.15) is 12.4 Å². The molecule has 192 valence electrons. The molecule has 0 unspecified atom stereocenters. The molecule has 0 spiro atoms. The van der Waals surface area contributed by atoms with Gasteiger partial charge in [0.2, 0.25) is 0 Å². The third-order valence-corrected chi connectivity index (χ3v) is 9.25. The molecule has 4 nitrogen and oxygen atoms in total. The lowest BCUT2D eigenvalue weighted by atomic mass is 9.54. The summed E-state index contributed by atoms with van der Waals surface area (Å²) in [7, 11) is 0. The zero-order valence-corrected chi connectivity index (χ0v) is 22.2. The van der Waals surface area contributed by atoms with E-state index in [0.717, 1.165) is 42.4 Å². The minimum Gasteiger partial charge on any atom is -0.491 e. The lowest BCUT2D eigenvalue weighted by molar-refractivity contribution is 0.00787. The lowest BCUT2D eigenvalue weighted by Gasteiger charge is -2.50. The van der Waals surface area contributed by atoms with Crippen molar-refractivity contribution < 1.29 is 18.9 Å². The monoisotopic (exact) mass is 472 g/mol. The quantitative estimate of drug-likeness (QED) is 0.301. The topological polar surface area (TPSA) is 36.9 Å². The summed E-state index contributed by atoms with van der Waals surface area (Å²) in [6, 6.07) is 6.87. The number of fused-ring (bicyclic) bond motifs is 5. The average molecular weight is 473 g/mol. The van der Waals surface area contributed by atoms with Crippen molar-refractivity contribution in [3.8, 4) is 5.75 Å². The number of hydrogen-bond acceptors (Lipinski definition) is 4. The van der Waals surface area contributed by atoms with Crippen molar-refractivity contribution in [1.82, 2.24) is 0 Å². The van der Waals surface area contributed by atoms with E-state index < -0.39 is 0 Å². The van der Waals surface area contributed by atoms with Crippen LogP contribution < -0.4 is 4.74 Å². The summed E-state index contributed by atoms with van der Waals surface area (Å²) in [5.41, 5.74) is 3.73. The van der Waals surface area contributed by atoms with Gasteiger partial charge < -0.3 is 18.9 Å². The van der Waals surface area contributed by atoms with Crippen molar-refractivity contribution in [2.75, 3.05) is 46.2 Å². The summed E-state index contributed by atoms with van der Waals surface area (Å²) in [6.07, 6.45) is 9.34. The van der Waals surface area contributed by atoms with Crippen LogP contribution in [0.15, 0.2) is 18.2 Å². The Morgan fingerprint density at radius 1 is 0.882 bits per heavy atom. The van der Waals surface area contributed by atoms with E-state index in [0.29, 0.717) is 51.0 Å². The standard InChI is InChI=1S/C30H48O4/c1-22(2)12-14-31-15-16-32-17-18-33-19-20-34-25-7-9-26-24(21-25)6-8-28-27(26)11-13-30(4)23(3)5-10-29(28)30/h7,9,21-23,27-29H,5-6,8,10-20H2,1-4H3/t23-,27+,28+,29-,30+/m0/s1. The van der Waals surface area contributed by atoms with Gasteiger partial charge in [-0.1, -0.05) is 33.8 Å². The number of aryl methyl sites for hydroxylation is 1. The molecule has 0 saturated heterocycles. The molecule has 0 heterocycles. The minimum atomic E-state index is 0.585. The maximum absolute atomic E-state index is 6.01. The SMILES string of the molecule is CC(C)CCOCCOCCOCCOc1ccc2c(c1)CC[C@@H]1[C@@H]2CC[C@]2(C)[C@@H](C)CC[C@@H]12. The molecule has 0 amide bonds. The highest BCUT2D eigenvalue weighted by Gasteiger charge is 2.53. The van der Waals surface area contributed by atoms with Gasteiger partial charge in [-0.05, 0) is 103 Å². The lowest BCUT2D eigenvalue weighted by Crippen LogP contribution is -2.41. The average Bonchev–Trinajstić information content (AvgIpc) is 3.13. The second-order valence-corrected chi connectivity index (χ2v) is 11.7. The first-order valence-electron chi connectivity index (χ1n) is 14.0. The normalized spacial score (nSPS) is 30.1. The second-order valence-electron chi connectivity index (χ2n) is 11.7. The Morgan fingerprint density at radius 3 is 2.32 bits per heavy atom. The first kappa shape index (κ1) is 26.0. The Balaban J connectivity index is 1.12. The van der Waals surface area contributed by atoms with Crippen LogP contribution in [0.1, 0.15) is 83.3 Å². The van der Waals surface area contributed by atoms with Gasteiger partial charge in [0.15, 0.2) is 0 Å². The van der Waals surface area contributed by atoms with Gasteiger partial charge in [-0.15, -0.1) is 0 Å². The number of benzene rings is 1.